The Morgan fingerprint density at radius 3 is 2.70 bits per heavy atom. The van der Waals surface area contributed by atoms with Crippen LogP contribution in [-0.4, -0.2) is 35.1 Å². The lowest BCUT2D eigenvalue weighted by Gasteiger charge is -2.13. The van der Waals surface area contributed by atoms with Crippen molar-refractivity contribution >= 4 is 56.5 Å². The first kappa shape index (κ1) is 22.0. The van der Waals surface area contributed by atoms with E-state index < -0.39 is 35.2 Å². The zero-order valence-electron chi connectivity index (χ0n) is 15.6. The molecule has 1 saturated heterocycles. The Kier molecular flexibility index (Phi) is 6.88. The third-order valence-electron chi connectivity index (χ3n) is 3.94. The fourth-order valence-corrected chi connectivity index (χ4v) is 3.83. The molecule has 1 N–H and O–H groups in total. The molecule has 3 amide bonds. The van der Waals surface area contributed by atoms with E-state index in [1.54, 1.807) is 18.2 Å². The Bertz CT molecular complexity index is 1060. The van der Waals surface area contributed by atoms with Gasteiger partial charge in [-0.05, 0) is 55.1 Å². The highest BCUT2D eigenvalue weighted by molar-refractivity contribution is 9.10. The number of nitrogens with zero attached hydrogens (tertiary/aromatic N) is 1. The maximum Gasteiger partial charge on any atom is 0.294 e. The van der Waals surface area contributed by atoms with Gasteiger partial charge in [-0.25, -0.2) is 8.78 Å². The van der Waals surface area contributed by atoms with Gasteiger partial charge in [-0.1, -0.05) is 15.9 Å². The van der Waals surface area contributed by atoms with Crippen molar-refractivity contribution in [2.75, 3.05) is 18.5 Å². The number of carbonyl (C=O) groups is 3. The van der Waals surface area contributed by atoms with Crippen molar-refractivity contribution in [1.29, 1.82) is 0 Å². The predicted molar refractivity (Wildman–Crippen MR) is 113 cm³/mol. The summed E-state index contributed by atoms with van der Waals surface area (Å²) in [6, 6.07) is 7.91. The van der Waals surface area contributed by atoms with E-state index >= 15 is 0 Å². The van der Waals surface area contributed by atoms with Gasteiger partial charge in [0.05, 0.1) is 17.2 Å². The van der Waals surface area contributed by atoms with Crippen LogP contribution in [0.1, 0.15) is 12.5 Å². The molecule has 156 valence electrons. The maximum absolute atomic E-state index is 13.7. The highest BCUT2D eigenvalue weighted by atomic mass is 79.9. The van der Waals surface area contributed by atoms with Gasteiger partial charge in [-0.2, -0.15) is 0 Å². The molecule has 10 heteroatoms. The molecule has 0 aliphatic carbocycles. The Labute approximate surface area is 183 Å². The largest absolute Gasteiger partial charge is 0.493 e. The molecule has 1 fully saturated rings. The quantitative estimate of drug-likeness (QED) is 0.581. The first-order valence-electron chi connectivity index (χ1n) is 8.71. The minimum absolute atomic E-state index is 0.125. The van der Waals surface area contributed by atoms with E-state index in [4.69, 9.17) is 4.74 Å². The lowest BCUT2D eigenvalue weighted by Crippen LogP contribution is -2.36. The Hall–Kier alpha value is -2.72. The molecular formula is C20H15BrF2N2O4S. The summed E-state index contributed by atoms with van der Waals surface area (Å²) >= 11 is 4.04. The number of carbonyl (C=O) groups excluding carboxylic acids is 3. The summed E-state index contributed by atoms with van der Waals surface area (Å²) in [7, 11) is 0. The number of rotatable bonds is 6. The second kappa shape index (κ2) is 9.40. The van der Waals surface area contributed by atoms with Crippen molar-refractivity contribution in [2.24, 2.45) is 0 Å². The minimum Gasteiger partial charge on any atom is -0.493 e. The maximum atomic E-state index is 13.7. The zero-order valence-corrected chi connectivity index (χ0v) is 18.0. The van der Waals surface area contributed by atoms with E-state index in [9.17, 15) is 23.2 Å². The Balaban J connectivity index is 1.75. The van der Waals surface area contributed by atoms with Crippen molar-refractivity contribution in [3.8, 4) is 5.75 Å². The number of imide groups is 1. The topological polar surface area (TPSA) is 75.7 Å². The standard InChI is InChI=1S/C20H15BrF2N2O4S/c1-2-29-16-6-3-12(21)7-11(16)8-17-19(27)25(20(28)30-17)10-18(26)24-15-5-4-13(22)9-14(15)23/h3-9H,2,10H2,1H3,(H,24,26)/b17-8+. The number of benzene rings is 2. The fraction of sp³-hybridized carbons (Fsp3) is 0.150. The molecule has 0 atom stereocenters. The lowest BCUT2D eigenvalue weighted by atomic mass is 10.2. The summed E-state index contributed by atoms with van der Waals surface area (Å²) in [6.45, 7) is 1.64. The third kappa shape index (κ3) is 5.06. The van der Waals surface area contributed by atoms with Crippen LogP contribution >= 0.6 is 27.7 Å². The van der Waals surface area contributed by atoms with Crippen LogP contribution in [0.25, 0.3) is 6.08 Å². The summed E-state index contributed by atoms with van der Waals surface area (Å²) in [5, 5.41) is 1.59. The summed E-state index contributed by atoms with van der Waals surface area (Å²) in [6.07, 6.45) is 1.51. The van der Waals surface area contributed by atoms with Crippen LogP contribution in [0, 0.1) is 11.6 Å². The van der Waals surface area contributed by atoms with Crippen LogP contribution in [0.5, 0.6) is 5.75 Å². The summed E-state index contributed by atoms with van der Waals surface area (Å²) in [4.78, 5) is 37.9. The molecule has 0 saturated carbocycles. The second-order valence-electron chi connectivity index (χ2n) is 6.06. The predicted octanol–water partition coefficient (Wildman–Crippen LogP) is 4.80. The van der Waals surface area contributed by atoms with Crippen LogP contribution in [0.4, 0.5) is 19.3 Å². The molecule has 3 rings (SSSR count). The van der Waals surface area contributed by atoms with Crippen molar-refractivity contribution in [2.45, 2.75) is 6.92 Å². The number of halogens is 3. The third-order valence-corrected chi connectivity index (χ3v) is 5.34. The zero-order chi connectivity index (χ0) is 21.8. The van der Waals surface area contributed by atoms with E-state index in [0.29, 0.717) is 35.7 Å². The number of hydrogen-bond acceptors (Lipinski definition) is 5. The van der Waals surface area contributed by atoms with Gasteiger partial charge in [0, 0.05) is 16.1 Å². The van der Waals surface area contributed by atoms with E-state index in [-0.39, 0.29) is 10.6 Å². The van der Waals surface area contributed by atoms with Gasteiger partial charge in [0.2, 0.25) is 5.91 Å². The minimum atomic E-state index is -0.963. The number of thioether (sulfide) groups is 1. The molecule has 30 heavy (non-hydrogen) atoms. The summed E-state index contributed by atoms with van der Waals surface area (Å²) in [5.74, 6) is -2.66. The average molecular weight is 497 g/mol. The highest BCUT2D eigenvalue weighted by Crippen LogP contribution is 2.34. The van der Waals surface area contributed by atoms with Crippen molar-refractivity contribution in [3.63, 3.8) is 0 Å². The molecule has 0 aromatic heterocycles. The van der Waals surface area contributed by atoms with Crippen LogP contribution in [-0.2, 0) is 9.59 Å². The number of nitrogens with one attached hydrogen (secondary N) is 1. The summed E-state index contributed by atoms with van der Waals surface area (Å²) in [5.41, 5.74) is 0.342. The van der Waals surface area contributed by atoms with E-state index in [0.717, 1.165) is 21.5 Å². The number of amides is 3. The highest BCUT2D eigenvalue weighted by Gasteiger charge is 2.36. The van der Waals surface area contributed by atoms with E-state index in [1.165, 1.54) is 6.08 Å². The molecule has 1 heterocycles. The normalized spacial score (nSPS) is 15.1. The van der Waals surface area contributed by atoms with Crippen LogP contribution < -0.4 is 10.1 Å². The van der Waals surface area contributed by atoms with E-state index in [1.807, 2.05) is 6.92 Å². The molecule has 1 aliphatic rings. The van der Waals surface area contributed by atoms with Gasteiger partial charge >= 0.3 is 0 Å². The SMILES string of the molecule is CCOc1ccc(Br)cc1/C=C1/SC(=O)N(CC(=O)Nc2ccc(F)cc2F)C1=O. The molecule has 0 spiro atoms. The van der Waals surface area contributed by atoms with Gasteiger partial charge < -0.3 is 10.1 Å². The Morgan fingerprint density at radius 1 is 1.23 bits per heavy atom. The van der Waals surface area contributed by atoms with Crippen molar-refractivity contribution < 1.29 is 27.9 Å². The average Bonchev–Trinajstić information content (AvgIpc) is 2.94. The van der Waals surface area contributed by atoms with Gasteiger partial charge in [-0.15, -0.1) is 0 Å². The van der Waals surface area contributed by atoms with Crippen LogP contribution in [0.3, 0.4) is 0 Å². The van der Waals surface area contributed by atoms with Crippen molar-refractivity contribution in [1.82, 2.24) is 4.90 Å². The first-order chi connectivity index (χ1) is 14.3. The summed E-state index contributed by atoms with van der Waals surface area (Å²) < 4.78 is 32.9. The number of ether oxygens (including phenoxy) is 1. The first-order valence-corrected chi connectivity index (χ1v) is 10.3. The molecule has 0 bridgehead atoms. The molecular weight excluding hydrogens is 482 g/mol. The Morgan fingerprint density at radius 2 is 2.00 bits per heavy atom. The molecule has 0 unspecified atom stereocenters. The smallest absolute Gasteiger partial charge is 0.294 e. The van der Waals surface area contributed by atoms with Crippen LogP contribution in [0.2, 0.25) is 0 Å². The van der Waals surface area contributed by atoms with Gasteiger partial charge in [-0.3, -0.25) is 19.3 Å². The lowest BCUT2D eigenvalue weighted by molar-refractivity contribution is -0.127. The number of hydrogen-bond donors (Lipinski definition) is 1. The van der Waals surface area contributed by atoms with Gasteiger partial charge in [0.25, 0.3) is 11.1 Å². The van der Waals surface area contributed by atoms with Crippen LogP contribution in [0.15, 0.2) is 45.8 Å². The van der Waals surface area contributed by atoms with Gasteiger partial charge in [0.1, 0.15) is 23.9 Å². The molecule has 0 radical (unpaired) electrons. The molecule has 2 aromatic carbocycles. The monoisotopic (exact) mass is 496 g/mol. The van der Waals surface area contributed by atoms with E-state index in [2.05, 4.69) is 21.2 Å². The molecule has 1 aliphatic heterocycles. The molecule has 2 aromatic rings. The molecule has 6 nitrogen and oxygen atoms in total. The van der Waals surface area contributed by atoms with Gasteiger partial charge in [0.15, 0.2) is 0 Å². The second-order valence-corrected chi connectivity index (χ2v) is 7.96. The fourth-order valence-electron chi connectivity index (χ4n) is 2.62. The van der Waals surface area contributed by atoms with Crippen molar-refractivity contribution in [3.05, 3.63) is 63.0 Å². The number of anilines is 1.